The molecule has 2 nitrogen and oxygen atoms in total. The van der Waals surface area contributed by atoms with Gasteiger partial charge in [0.15, 0.2) is 0 Å². The van der Waals surface area contributed by atoms with Crippen LogP contribution in [0.4, 0.5) is 11.4 Å². The zero-order chi connectivity index (χ0) is 10.1. The molecule has 0 amide bonds. The minimum Gasteiger partial charge on any atom is -0.399 e. The lowest BCUT2D eigenvalue weighted by Gasteiger charge is -2.23. The van der Waals surface area contributed by atoms with Crippen molar-refractivity contribution in [2.45, 2.75) is 26.2 Å². The van der Waals surface area contributed by atoms with Gasteiger partial charge in [-0.25, -0.2) is 0 Å². The van der Waals surface area contributed by atoms with Crippen LogP contribution >= 0.6 is 0 Å². The molecule has 0 unspecified atom stereocenters. The van der Waals surface area contributed by atoms with Gasteiger partial charge in [-0.1, -0.05) is 20.8 Å². The fourth-order valence-corrected chi connectivity index (χ4v) is 1.40. The molecule has 0 aliphatic heterocycles. The molecule has 72 valence electrons. The Morgan fingerprint density at radius 2 is 1.85 bits per heavy atom. The lowest BCUT2D eigenvalue weighted by atomic mass is 9.85. The predicted octanol–water partition coefficient (Wildman–Crippen LogP) is 2.61. The number of anilines is 2. The summed E-state index contributed by atoms with van der Waals surface area (Å²) in [4.78, 5) is 0. The Morgan fingerprint density at radius 1 is 1.23 bits per heavy atom. The Balaban J connectivity index is 3.24. The van der Waals surface area contributed by atoms with Gasteiger partial charge in [-0.05, 0) is 29.2 Å². The molecule has 0 saturated heterocycles. The maximum atomic E-state index is 5.75. The van der Waals surface area contributed by atoms with E-state index in [0.29, 0.717) is 0 Å². The van der Waals surface area contributed by atoms with Gasteiger partial charge in [0.05, 0.1) is 0 Å². The van der Waals surface area contributed by atoms with Gasteiger partial charge in [-0.15, -0.1) is 0 Å². The standard InChI is InChI=1S/C11H18N2/c1-11(2,3)9-7-8(12)5-6-10(9)13-4/h5-7,13H,12H2,1-4H3. The second-order valence-corrected chi connectivity index (χ2v) is 4.31. The van der Waals surface area contributed by atoms with Crippen LogP contribution in [0, 0.1) is 0 Å². The average Bonchev–Trinajstić information content (AvgIpc) is 2.03. The molecule has 0 aliphatic carbocycles. The topological polar surface area (TPSA) is 38.0 Å². The van der Waals surface area contributed by atoms with Crippen LogP contribution in [0.5, 0.6) is 0 Å². The van der Waals surface area contributed by atoms with Crippen molar-refractivity contribution in [1.82, 2.24) is 0 Å². The van der Waals surface area contributed by atoms with E-state index in [-0.39, 0.29) is 5.41 Å². The summed E-state index contributed by atoms with van der Waals surface area (Å²) in [6, 6.07) is 5.98. The molecule has 0 aromatic heterocycles. The molecule has 0 radical (unpaired) electrons. The van der Waals surface area contributed by atoms with E-state index < -0.39 is 0 Å². The predicted molar refractivity (Wildman–Crippen MR) is 59.1 cm³/mol. The Hall–Kier alpha value is -1.18. The summed E-state index contributed by atoms with van der Waals surface area (Å²) >= 11 is 0. The molecule has 0 spiro atoms. The quantitative estimate of drug-likeness (QED) is 0.649. The van der Waals surface area contributed by atoms with Crippen molar-refractivity contribution in [2.24, 2.45) is 0 Å². The molecule has 2 heteroatoms. The van der Waals surface area contributed by atoms with E-state index in [1.165, 1.54) is 5.56 Å². The summed E-state index contributed by atoms with van der Waals surface area (Å²) in [5.41, 5.74) is 9.12. The molecular weight excluding hydrogens is 160 g/mol. The van der Waals surface area contributed by atoms with Gasteiger partial charge >= 0.3 is 0 Å². The third-order valence-corrected chi connectivity index (χ3v) is 2.12. The van der Waals surface area contributed by atoms with Crippen molar-refractivity contribution >= 4 is 11.4 Å². The third kappa shape index (κ3) is 2.14. The normalized spacial score (nSPS) is 11.4. The highest BCUT2D eigenvalue weighted by Gasteiger charge is 2.17. The van der Waals surface area contributed by atoms with Crippen LogP contribution in [-0.4, -0.2) is 7.05 Å². The minimum absolute atomic E-state index is 0.133. The summed E-state index contributed by atoms with van der Waals surface area (Å²) in [6.07, 6.45) is 0. The lowest BCUT2D eigenvalue weighted by Crippen LogP contribution is -2.14. The molecule has 0 aliphatic rings. The van der Waals surface area contributed by atoms with Crippen LogP contribution in [0.2, 0.25) is 0 Å². The zero-order valence-electron chi connectivity index (χ0n) is 8.81. The van der Waals surface area contributed by atoms with Crippen molar-refractivity contribution in [1.29, 1.82) is 0 Å². The number of hydrogen-bond donors (Lipinski definition) is 2. The molecule has 1 aromatic carbocycles. The Morgan fingerprint density at radius 3 is 2.31 bits per heavy atom. The smallest absolute Gasteiger partial charge is 0.0377 e. The van der Waals surface area contributed by atoms with Gasteiger partial charge in [0, 0.05) is 18.4 Å². The minimum atomic E-state index is 0.133. The highest BCUT2D eigenvalue weighted by molar-refractivity contribution is 5.60. The number of nitrogens with two attached hydrogens (primary N) is 1. The molecule has 13 heavy (non-hydrogen) atoms. The molecule has 1 aromatic rings. The van der Waals surface area contributed by atoms with Gasteiger partial charge in [-0.2, -0.15) is 0 Å². The fraction of sp³-hybridized carbons (Fsp3) is 0.455. The van der Waals surface area contributed by atoms with Gasteiger partial charge in [-0.3, -0.25) is 0 Å². The number of benzene rings is 1. The first-order chi connectivity index (χ1) is 5.95. The second-order valence-electron chi connectivity index (χ2n) is 4.31. The largest absolute Gasteiger partial charge is 0.399 e. The van der Waals surface area contributed by atoms with Crippen molar-refractivity contribution < 1.29 is 0 Å². The average molecular weight is 178 g/mol. The molecule has 0 fully saturated rings. The maximum absolute atomic E-state index is 5.75. The maximum Gasteiger partial charge on any atom is 0.0377 e. The summed E-state index contributed by atoms with van der Waals surface area (Å²) in [6.45, 7) is 6.55. The summed E-state index contributed by atoms with van der Waals surface area (Å²) in [5, 5.41) is 3.17. The van der Waals surface area contributed by atoms with Gasteiger partial charge in [0.1, 0.15) is 0 Å². The first-order valence-corrected chi connectivity index (χ1v) is 4.53. The lowest BCUT2D eigenvalue weighted by molar-refractivity contribution is 0.592. The zero-order valence-corrected chi connectivity index (χ0v) is 8.81. The first kappa shape index (κ1) is 9.90. The Bertz CT molecular complexity index is 297. The van der Waals surface area contributed by atoms with E-state index in [0.717, 1.165) is 11.4 Å². The number of nitrogens with one attached hydrogen (secondary N) is 1. The van der Waals surface area contributed by atoms with E-state index in [1.54, 1.807) is 0 Å². The summed E-state index contributed by atoms with van der Waals surface area (Å²) < 4.78 is 0. The third-order valence-electron chi connectivity index (χ3n) is 2.12. The number of hydrogen-bond acceptors (Lipinski definition) is 2. The van der Waals surface area contributed by atoms with Crippen LogP contribution in [0.1, 0.15) is 26.3 Å². The molecule has 0 heterocycles. The van der Waals surface area contributed by atoms with Crippen LogP contribution < -0.4 is 11.1 Å². The fourth-order valence-electron chi connectivity index (χ4n) is 1.40. The summed E-state index contributed by atoms with van der Waals surface area (Å²) in [7, 11) is 1.93. The first-order valence-electron chi connectivity index (χ1n) is 4.53. The Labute approximate surface area is 80.1 Å². The highest BCUT2D eigenvalue weighted by atomic mass is 14.8. The monoisotopic (exact) mass is 178 g/mol. The SMILES string of the molecule is CNc1ccc(N)cc1C(C)(C)C. The van der Waals surface area contributed by atoms with Gasteiger partial charge in [0.25, 0.3) is 0 Å². The number of nitrogen functional groups attached to an aromatic ring is 1. The Kier molecular flexibility index (Phi) is 2.50. The van der Waals surface area contributed by atoms with Gasteiger partial charge < -0.3 is 11.1 Å². The second kappa shape index (κ2) is 3.29. The highest BCUT2D eigenvalue weighted by Crippen LogP contribution is 2.30. The van der Waals surface area contributed by atoms with Crippen molar-refractivity contribution in [3.05, 3.63) is 23.8 Å². The van der Waals surface area contributed by atoms with Crippen molar-refractivity contribution in [3.63, 3.8) is 0 Å². The molecule has 3 N–H and O–H groups in total. The van der Waals surface area contributed by atoms with E-state index in [2.05, 4.69) is 26.1 Å². The van der Waals surface area contributed by atoms with E-state index in [9.17, 15) is 0 Å². The molecular formula is C11H18N2. The van der Waals surface area contributed by atoms with Crippen LogP contribution in [0.15, 0.2) is 18.2 Å². The van der Waals surface area contributed by atoms with Crippen LogP contribution in [-0.2, 0) is 5.41 Å². The summed E-state index contributed by atoms with van der Waals surface area (Å²) in [5.74, 6) is 0. The number of rotatable bonds is 1. The molecule has 0 saturated carbocycles. The van der Waals surface area contributed by atoms with Crippen LogP contribution in [0.25, 0.3) is 0 Å². The molecule has 0 atom stereocenters. The van der Waals surface area contributed by atoms with Crippen molar-refractivity contribution in [3.8, 4) is 0 Å². The molecule has 0 bridgehead atoms. The van der Waals surface area contributed by atoms with Crippen LogP contribution in [0.3, 0.4) is 0 Å². The van der Waals surface area contributed by atoms with E-state index in [1.807, 2.05) is 25.2 Å². The van der Waals surface area contributed by atoms with E-state index >= 15 is 0 Å². The van der Waals surface area contributed by atoms with Gasteiger partial charge in [0.2, 0.25) is 0 Å². The van der Waals surface area contributed by atoms with E-state index in [4.69, 9.17) is 5.73 Å². The molecule has 1 rings (SSSR count). The van der Waals surface area contributed by atoms with Crippen molar-refractivity contribution in [2.75, 3.05) is 18.1 Å².